The number of anilines is 1. The first kappa shape index (κ1) is 13.7. The summed E-state index contributed by atoms with van der Waals surface area (Å²) in [5.74, 6) is 1.44. The van der Waals surface area contributed by atoms with Crippen molar-refractivity contribution in [1.82, 2.24) is 0 Å². The number of rotatable bonds is 4. The lowest BCUT2D eigenvalue weighted by molar-refractivity contribution is 0.421. The lowest BCUT2D eigenvalue weighted by Gasteiger charge is -2.26. The Hall–Kier alpha value is -1.75. The summed E-state index contributed by atoms with van der Waals surface area (Å²) < 4.78 is 0. The molecular weight excluding hydrogens is 232 g/mol. The molecule has 1 N–H and O–H groups in total. The van der Waals surface area contributed by atoms with Crippen LogP contribution in [0.1, 0.15) is 32.3 Å². The van der Waals surface area contributed by atoms with Gasteiger partial charge in [-0.1, -0.05) is 30.7 Å². The summed E-state index contributed by atoms with van der Waals surface area (Å²) in [5.41, 5.74) is 3.76. The summed E-state index contributed by atoms with van der Waals surface area (Å²) >= 11 is 0. The summed E-state index contributed by atoms with van der Waals surface area (Å²) in [7, 11) is 0. The molecule has 2 atom stereocenters. The Morgan fingerprint density at radius 2 is 2.05 bits per heavy atom. The van der Waals surface area contributed by atoms with E-state index in [2.05, 4.69) is 43.4 Å². The number of benzene rings is 1. The summed E-state index contributed by atoms with van der Waals surface area (Å²) in [5, 5.41) is 12.2. The Labute approximate surface area is 116 Å². The molecule has 0 heterocycles. The molecule has 0 radical (unpaired) electrons. The van der Waals surface area contributed by atoms with Crippen molar-refractivity contribution in [1.29, 1.82) is 5.26 Å². The lowest BCUT2D eigenvalue weighted by Crippen LogP contribution is -2.20. The zero-order valence-electron chi connectivity index (χ0n) is 11.8. The normalized spacial score (nSPS) is 22.5. The third kappa shape index (κ3) is 4.13. The van der Waals surface area contributed by atoms with Crippen LogP contribution in [0.3, 0.4) is 0 Å². The molecule has 0 spiro atoms. The van der Waals surface area contributed by atoms with Crippen molar-refractivity contribution in [2.45, 2.75) is 33.1 Å². The Morgan fingerprint density at radius 1 is 1.32 bits per heavy atom. The third-order valence-corrected chi connectivity index (χ3v) is 3.72. The molecule has 0 saturated heterocycles. The van der Waals surface area contributed by atoms with Crippen molar-refractivity contribution in [3.63, 3.8) is 0 Å². The molecule has 0 aliphatic heterocycles. The van der Waals surface area contributed by atoms with Crippen LogP contribution in [0.5, 0.6) is 0 Å². The van der Waals surface area contributed by atoms with Crippen LogP contribution in [-0.2, 0) is 6.42 Å². The molecule has 0 aromatic heterocycles. The maximum Gasteiger partial charge on any atom is 0.0669 e. The van der Waals surface area contributed by atoms with E-state index in [1.165, 1.54) is 18.4 Å². The number of nitrogens with one attached hydrogen (secondary N) is 1. The number of nitriles is 1. The van der Waals surface area contributed by atoms with Crippen LogP contribution < -0.4 is 5.32 Å². The van der Waals surface area contributed by atoms with E-state index in [1.54, 1.807) is 0 Å². The second-order valence-corrected chi connectivity index (χ2v) is 5.71. The fourth-order valence-corrected chi connectivity index (χ4v) is 2.94. The van der Waals surface area contributed by atoms with E-state index in [9.17, 15) is 0 Å². The number of hydrogen-bond acceptors (Lipinski definition) is 2. The molecular formula is C17H22N2. The van der Waals surface area contributed by atoms with E-state index in [0.717, 1.165) is 23.7 Å². The summed E-state index contributed by atoms with van der Waals surface area (Å²) in [6.07, 6.45) is 5.37. The van der Waals surface area contributed by atoms with E-state index in [0.29, 0.717) is 12.3 Å². The average molecular weight is 254 g/mol. The highest BCUT2D eigenvalue weighted by molar-refractivity contribution is 5.45. The van der Waals surface area contributed by atoms with Crippen LogP contribution in [0, 0.1) is 23.2 Å². The van der Waals surface area contributed by atoms with Crippen molar-refractivity contribution in [3.05, 3.63) is 41.5 Å². The van der Waals surface area contributed by atoms with Gasteiger partial charge in [0.15, 0.2) is 0 Å². The number of hydrogen-bond donors (Lipinski definition) is 1. The van der Waals surface area contributed by atoms with Crippen molar-refractivity contribution in [3.8, 4) is 6.07 Å². The van der Waals surface area contributed by atoms with E-state index < -0.39 is 0 Å². The van der Waals surface area contributed by atoms with Crippen LogP contribution in [-0.4, -0.2) is 6.54 Å². The molecule has 0 amide bonds. The highest BCUT2D eigenvalue weighted by atomic mass is 14.9. The zero-order valence-corrected chi connectivity index (χ0v) is 11.8. The topological polar surface area (TPSA) is 35.8 Å². The average Bonchev–Trinajstić information content (AvgIpc) is 2.37. The second kappa shape index (κ2) is 6.43. The fraction of sp³-hybridized carbons (Fsp3) is 0.471. The van der Waals surface area contributed by atoms with Crippen molar-refractivity contribution in [2.24, 2.45) is 11.8 Å². The molecule has 2 nitrogen and oxygen atoms in total. The predicted octanol–water partition coefficient (Wildman–Crippen LogP) is 4.16. The van der Waals surface area contributed by atoms with E-state index in [4.69, 9.17) is 5.26 Å². The van der Waals surface area contributed by atoms with Gasteiger partial charge in [-0.05, 0) is 49.3 Å². The fourth-order valence-electron chi connectivity index (χ4n) is 2.94. The van der Waals surface area contributed by atoms with E-state index in [-0.39, 0.29) is 0 Å². The molecule has 0 fully saturated rings. The standard InChI is InChI=1S/C17H22N2/c1-13-9-14(2)11-16(10-13)12-19-17-5-3-15(4-6-17)7-8-18/h3-6,9,13,16,19H,7,10-12H2,1-2H3. The van der Waals surface area contributed by atoms with Crippen LogP contribution in [0.2, 0.25) is 0 Å². The Kier molecular flexibility index (Phi) is 4.63. The summed E-state index contributed by atoms with van der Waals surface area (Å²) in [4.78, 5) is 0. The van der Waals surface area contributed by atoms with Crippen molar-refractivity contribution in [2.75, 3.05) is 11.9 Å². The van der Waals surface area contributed by atoms with Gasteiger partial charge in [0.2, 0.25) is 0 Å². The maximum atomic E-state index is 8.64. The molecule has 2 rings (SSSR count). The van der Waals surface area contributed by atoms with Gasteiger partial charge in [0.1, 0.15) is 0 Å². The lowest BCUT2D eigenvalue weighted by atomic mass is 9.84. The van der Waals surface area contributed by atoms with Crippen LogP contribution in [0.4, 0.5) is 5.69 Å². The maximum absolute atomic E-state index is 8.64. The van der Waals surface area contributed by atoms with Gasteiger partial charge >= 0.3 is 0 Å². The molecule has 1 aliphatic carbocycles. The molecule has 1 aromatic carbocycles. The highest BCUT2D eigenvalue weighted by Gasteiger charge is 2.17. The molecule has 0 bridgehead atoms. The Balaban J connectivity index is 1.85. The van der Waals surface area contributed by atoms with Gasteiger partial charge in [-0.3, -0.25) is 0 Å². The first-order chi connectivity index (χ1) is 9.17. The summed E-state index contributed by atoms with van der Waals surface area (Å²) in [6, 6.07) is 10.4. The molecule has 2 unspecified atom stereocenters. The highest BCUT2D eigenvalue weighted by Crippen LogP contribution is 2.28. The second-order valence-electron chi connectivity index (χ2n) is 5.71. The van der Waals surface area contributed by atoms with E-state index >= 15 is 0 Å². The smallest absolute Gasteiger partial charge is 0.0669 e. The Morgan fingerprint density at radius 3 is 2.68 bits per heavy atom. The van der Waals surface area contributed by atoms with Crippen LogP contribution in [0.25, 0.3) is 0 Å². The van der Waals surface area contributed by atoms with Gasteiger partial charge in [-0.25, -0.2) is 0 Å². The monoisotopic (exact) mass is 254 g/mol. The SMILES string of the molecule is CC1=CC(C)CC(CNc2ccc(CC#N)cc2)C1. The van der Waals surface area contributed by atoms with Gasteiger partial charge in [0.05, 0.1) is 12.5 Å². The number of allylic oxidation sites excluding steroid dienone is 2. The van der Waals surface area contributed by atoms with Crippen molar-refractivity contribution < 1.29 is 0 Å². The van der Waals surface area contributed by atoms with Crippen LogP contribution in [0.15, 0.2) is 35.9 Å². The van der Waals surface area contributed by atoms with Gasteiger partial charge < -0.3 is 5.32 Å². The minimum atomic E-state index is 0.490. The van der Waals surface area contributed by atoms with Gasteiger partial charge in [-0.2, -0.15) is 5.26 Å². The van der Waals surface area contributed by atoms with Gasteiger partial charge in [0.25, 0.3) is 0 Å². The molecule has 0 saturated carbocycles. The van der Waals surface area contributed by atoms with E-state index in [1.807, 2.05) is 12.1 Å². The predicted molar refractivity (Wildman–Crippen MR) is 79.9 cm³/mol. The Bertz CT molecular complexity index is 479. The van der Waals surface area contributed by atoms with Crippen LogP contribution >= 0.6 is 0 Å². The van der Waals surface area contributed by atoms with Gasteiger partial charge in [0, 0.05) is 12.2 Å². The molecule has 2 heteroatoms. The first-order valence-electron chi connectivity index (χ1n) is 7.04. The van der Waals surface area contributed by atoms with Gasteiger partial charge in [-0.15, -0.1) is 0 Å². The molecule has 19 heavy (non-hydrogen) atoms. The van der Waals surface area contributed by atoms with Crippen molar-refractivity contribution >= 4 is 5.69 Å². The number of nitrogens with zero attached hydrogens (tertiary/aromatic N) is 1. The molecule has 100 valence electrons. The third-order valence-electron chi connectivity index (χ3n) is 3.72. The minimum absolute atomic E-state index is 0.490. The quantitative estimate of drug-likeness (QED) is 0.819. The minimum Gasteiger partial charge on any atom is -0.385 e. The zero-order chi connectivity index (χ0) is 13.7. The molecule has 1 aromatic rings. The first-order valence-corrected chi connectivity index (χ1v) is 7.04. The molecule has 1 aliphatic rings. The summed E-state index contributed by atoms with van der Waals surface area (Å²) in [6.45, 7) is 5.57. The largest absolute Gasteiger partial charge is 0.385 e.